The number of carbonyl (C=O) groups excluding carboxylic acids is 1. The van der Waals surface area contributed by atoms with Crippen molar-refractivity contribution in [1.82, 2.24) is 10.2 Å². The standard InChI is InChI=1S/C16H30N2O2/c1-16(17-2,15(19)20-3)10-12-18-11-6-8-13-7-4-5-9-14(13)18/h13-14,17H,4-12H2,1-3H3. The smallest absolute Gasteiger partial charge is 0.325 e. The number of nitrogens with one attached hydrogen (secondary N) is 1. The third kappa shape index (κ3) is 3.34. The monoisotopic (exact) mass is 282 g/mol. The predicted molar refractivity (Wildman–Crippen MR) is 80.7 cm³/mol. The van der Waals surface area contributed by atoms with E-state index in [0.717, 1.165) is 24.9 Å². The van der Waals surface area contributed by atoms with E-state index in [2.05, 4.69) is 10.2 Å². The second kappa shape index (κ2) is 6.90. The number of hydrogen-bond donors (Lipinski definition) is 1. The molecule has 1 aliphatic carbocycles. The van der Waals surface area contributed by atoms with E-state index in [1.807, 2.05) is 14.0 Å². The molecule has 3 unspecified atom stereocenters. The van der Waals surface area contributed by atoms with E-state index in [0.29, 0.717) is 0 Å². The summed E-state index contributed by atoms with van der Waals surface area (Å²) >= 11 is 0. The van der Waals surface area contributed by atoms with Crippen LogP contribution in [-0.2, 0) is 9.53 Å². The zero-order chi connectivity index (χ0) is 14.6. The highest BCUT2D eigenvalue weighted by Crippen LogP contribution is 2.35. The first-order valence-electron chi connectivity index (χ1n) is 8.12. The van der Waals surface area contributed by atoms with Gasteiger partial charge in [-0.25, -0.2) is 0 Å². The van der Waals surface area contributed by atoms with Crippen molar-refractivity contribution in [2.75, 3.05) is 27.2 Å². The summed E-state index contributed by atoms with van der Waals surface area (Å²) in [5.74, 6) is 0.744. The first-order chi connectivity index (χ1) is 9.60. The fraction of sp³-hybridized carbons (Fsp3) is 0.938. The van der Waals surface area contributed by atoms with E-state index in [9.17, 15) is 4.79 Å². The molecule has 20 heavy (non-hydrogen) atoms. The molecule has 1 heterocycles. The normalized spacial score (nSPS) is 30.4. The van der Waals surface area contributed by atoms with Crippen molar-refractivity contribution >= 4 is 5.97 Å². The highest BCUT2D eigenvalue weighted by molar-refractivity contribution is 5.80. The molecule has 2 fully saturated rings. The van der Waals surface area contributed by atoms with E-state index in [-0.39, 0.29) is 5.97 Å². The largest absolute Gasteiger partial charge is 0.468 e. The van der Waals surface area contributed by atoms with E-state index in [1.165, 1.54) is 52.2 Å². The van der Waals surface area contributed by atoms with Crippen molar-refractivity contribution in [1.29, 1.82) is 0 Å². The van der Waals surface area contributed by atoms with Gasteiger partial charge in [0.05, 0.1) is 7.11 Å². The average molecular weight is 282 g/mol. The average Bonchev–Trinajstić information content (AvgIpc) is 2.51. The van der Waals surface area contributed by atoms with E-state index in [4.69, 9.17) is 4.74 Å². The molecule has 2 rings (SSSR count). The summed E-state index contributed by atoms with van der Waals surface area (Å²) in [5.41, 5.74) is -0.559. The summed E-state index contributed by atoms with van der Waals surface area (Å²) in [6.07, 6.45) is 9.07. The van der Waals surface area contributed by atoms with Gasteiger partial charge in [0.25, 0.3) is 0 Å². The van der Waals surface area contributed by atoms with Gasteiger partial charge in [-0.15, -0.1) is 0 Å². The van der Waals surface area contributed by atoms with Crippen molar-refractivity contribution in [3.05, 3.63) is 0 Å². The Labute approximate surface area is 123 Å². The molecule has 116 valence electrons. The summed E-state index contributed by atoms with van der Waals surface area (Å²) in [7, 11) is 3.31. The van der Waals surface area contributed by atoms with Gasteiger partial charge in [0.1, 0.15) is 5.54 Å². The number of esters is 1. The molecule has 0 aromatic rings. The topological polar surface area (TPSA) is 41.6 Å². The van der Waals surface area contributed by atoms with Gasteiger partial charge in [-0.2, -0.15) is 0 Å². The van der Waals surface area contributed by atoms with Crippen molar-refractivity contribution in [3.8, 4) is 0 Å². The lowest BCUT2D eigenvalue weighted by molar-refractivity contribution is -0.148. The number of piperidine rings is 1. The van der Waals surface area contributed by atoms with Gasteiger partial charge < -0.3 is 15.0 Å². The quantitative estimate of drug-likeness (QED) is 0.785. The Hall–Kier alpha value is -0.610. The molecule has 0 radical (unpaired) electrons. The Morgan fingerprint density at radius 3 is 2.70 bits per heavy atom. The number of hydrogen-bond acceptors (Lipinski definition) is 4. The van der Waals surface area contributed by atoms with Crippen molar-refractivity contribution in [2.45, 2.75) is 63.5 Å². The minimum absolute atomic E-state index is 0.155. The van der Waals surface area contributed by atoms with Crippen molar-refractivity contribution in [2.24, 2.45) is 5.92 Å². The molecule has 4 nitrogen and oxygen atoms in total. The Kier molecular flexibility index (Phi) is 5.44. The Balaban J connectivity index is 1.93. The number of methoxy groups -OCH3 is 1. The van der Waals surface area contributed by atoms with Crippen LogP contribution < -0.4 is 5.32 Å². The van der Waals surface area contributed by atoms with Crippen LogP contribution in [0.4, 0.5) is 0 Å². The molecule has 1 N–H and O–H groups in total. The minimum atomic E-state index is -0.559. The summed E-state index contributed by atoms with van der Waals surface area (Å²) in [6, 6.07) is 0.760. The number of fused-ring (bicyclic) bond motifs is 1. The minimum Gasteiger partial charge on any atom is -0.468 e. The van der Waals surface area contributed by atoms with Crippen molar-refractivity contribution in [3.63, 3.8) is 0 Å². The van der Waals surface area contributed by atoms with Crippen LogP contribution >= 0.6 is 0 Å². The van der Waals surface area contributed by atoms with Crippen LogP contribution in [0.1, 0.15) is 51.9 Å². The van der Waals surface area contributed by atoms with Crippen molar-refractivity contribution < 1.29 is 9.53 Å². The molecular formula is C16H30N2O2. The highest BCUT2D eigenvalue weighted by Gasteiger charge is 2.37. The van der Waals surface area contributed by atoms with Gasteiger partial charge >= 0.3 is 5.97 Å². The Morgan fingerprint density at radius 2 is 2.00 bits per heavy atom. The first-order valence-corrected chi connectivity index (χ1v) is 8.12. The van der Waals surface area contributed by atoms with Gasteiger partial charge in [-0.05, 0) is 58.5 Å². The zero-order valence-electron chi connectivity index (χ0n) is 13.3. The summed E-state index contributed by atoms with van der Waals surface area (Å²) in [6.45, 7) is 4.14. The van der Waals surface area contributed by atoms with E-state index >= 15 is 0 Å². The second-order valence-corrected chi connectivity index (χ2v) is 6.61. The first kappa shape index (κ1) is 15.8. The molecule has 0 amide bonds. The van der Waals surface area contributed by atoms with Gasteiger partial charge in [-0.3, -0.25) is 4.79 Å². The molecule has 2 aliphatic rings. The number of ether oxygens (including phenoxy) is 1. The molecule has 1 saturated heterocycles. The number of rotatable bonds is 5. The maximum Gasteiger partial charge on any atom is 0.325 e. The molecule has 0 spiro atoms. The van der Waals surface area contributed by atoms with Gasteiger partial charge in [-0.1, -0.05) is 12.8 Å². The van der Waals surface area contributed by atoms with E-state index < -0.39 is 5.54 Å². The third-order valence-corrected chi connectivity index (χ3v) is 5.44. The number of likely N-dealkylation sites (tertiary alicyclic amines) is 1. The maximum atomic E-state index is 11.9. The molecule has 1 saturated carbocycles. The number of carbonyl (C=O) groups is 1. The molecule has 0 aromatic carbocycles. The highest BCUT2D eigenvalue weighted by atomic mass is 16.5. The van der Waals surface area contributed by atoms with Crippen LogP contribution in [0, 0.1) is 5.92 Å². The lowest BCUT2D eigenvalue weighted by atomic mass is 9.78. The maximum absolute atomic E-state index is 11.9. The van der Waals surface area contributed by atoms with Crippen LogP contribution in [0.25, 0.3) is 0 Å². The van der Waals surface area contributed by atoms with Gasteiger partial charge in [0.15, 0.2) is 0 Å². The lowest BCUT2D eigenvalue weighted by Crippen LogP contribution is -2.53. The van der Waals surface area contributed by atoms with Crippen LogP contribution in [0.2, 0.25) is 0 Å². The summed E-state index contributed by atoms with van der Waals surface area (Å²) in [4.78, 5) is 14.5. The fourth-order valence-electron chi connectivity index (χ4n) is 3.93. The van der Waals surface area contributed by atoms with E-state index in [1.54, 1.807) is 0 Å². The molecule has 0 aromatic heterocycles. The predicted octanol–water partition coefficient (Wildman–Crippen LogP) is 2.18. The van der Waals surface area contributed by atoms with Crippen LogP contribution in [-0.4, -0.2) is 49.7 Å². The Morgan fingerprint density at radius 1 is 1.30 bits per heavy atom. The fourth-order valence-corrected chi connectivity index (χ4v) is 3.93. The second-order valence-electron chi connectivity index (χ2n) is 6.61. The summed E-state index contributed by atoms with van der Waals surface area (Å²) in [5, 5.41) is 3.14. The van der Waals surface area contributed by atoms with Crippen LogP contribution in [0.5, 0.6) is 0 Å². The van der Waals surface area contributed by atoms with Gasteiger partial charge in [0, 0.05) is 12.6 Å². The zero-order valence-corrected chi connectivity index (χ0v) is 13.3. The van der Waals surface area contributed by atoms with Crippen LogP contribution in [0.3, 0.4) is 0 Å². The molecule has 0 bridgehead atoms. The number of likely N-dealkylation sites (N-methyl/N-ethyl adjacent to an activating group) is 1. The third-order valence-electron chi connectivity index (χ3n) is 5.44. The number of nitrogens with zero attached hydrogens (tertiary/aromatic N) is 1. The molecule has 4 heteroatoms. The summed E-state index contributed by atoms with van der Waals surface area (Å²) < 4.78 is 4.93. The van der Waals surface area contributed by atoms with Crippen LogP contribution in [0.15, 0.2) is 0 Å². The molecule has 3 atom stereocenters. The SMILES string of the molecule is CNC(C)(CCN1CCCC2CCCCC21)C(=O)OC. The lowest BCUT2D eigenvalue weighted by Gasteiger charge is -2.45. The van der Waals surface area contributed by atoms with Gasteiger partial charge in [0.2, 0.25) is 0 Å². The molecule has 1 aliphatic heterocycles. The Bertz CT molecular complexity index is 332. The molecular weight excluding hydrogens is 252 g/mol.